The van der Waals surface area contributed by atoms with Crippen LogP contribution in [0.5, 0.6) is 0 Å². The maximum Gasteiger partial charge on any atom is 0.446 e. The van der Waals surface area contributed by atoms with E-state index >= 15 is 0 Å². The summed E-state index contributed by atoms with van der Waals surface area (Å²) in [5, 5.41) is 5.27. The molecule has 2 aromatic carbocycles. The number of hydrogen-bond donors (Lipinski definition) is 2. The standard InChI is InChI=1S/C16H15F3N2OS/c17-16(18,19)23-14-8-6-13(7-9-14)21-15(22)20-11-10-12-4-2-1-3-5-12/h1-9H,10-11H2,(H2,20,21,22). The molecular formula is C16H15F3N2OS. The number of amides is 2. The van der Waals surface area contributed by atoms with Crippen molar-refractivity contribution in [2.45, 2.75) is 16.8 Å². The van der Waals surface area contributed by atoms with Crippen LogP contribution in [0.4, 0.5) is 23.7 Å². The molecule has 0 aliphatic heterocycles. The van der Waals surface area contributed by atoms with Gasteiger partial charge in [0.25, 0.3) is 0 Å². The van der Waals surface area contributed by atoms with Crippen molar-refractivity contribution < 1.29 is 18.0 Å². The molecule has 0 fully saturated rings. The van der Waals surface area contributed by atoms with Crippen molar-refractivity contribution >= 4 is 23.5 Å². The van der Waals surface area contributed by atoms with Crippen molar-refractivity contribution in [3.05, 3.63) is 60.2 Å². The Balaban J connectivity index is 1.76. The summed E-state index contributed by atoms with van der Waals surface area (Å²) in [4.78, 5) is 11.8. The van der Waals surface area contributed by atoms with Gasteiger partial charge >= 0.3 is 11.5 Å². The largest absolute Gasteiger partial charge is 0.446 e. The molecule has 0 aliphatic carbocycles. The Bertz CT molecular complexity index is 630. The van der Waals surface area contributed by atoms with E-state index in [0.29, 0.717) is 18.7 Å². The van der Waals surface area contributed by atoms with E-state index in [2.05, 4.69) is 10.6 Å². The summed E-state index contributed by atoms with van der Waals surface area (Å²) < 4.78 is 36.6. The molecule has 0 unspecified atom stereocenters. The first-order valence-corrected chi connectivity index (χ1v) is 7.68. The molecule has 0 aromatic heterocycles. The molecule has 0 saturated heterocycles. The van der Waals surface area contributed by atoms with E-state index in [1.54, 1.807) is 0 Å². The topological polar surface area (TPSA) is 41.1 Å². The van der Waals surface area contributed by atoms with Gasteiger partial charge in [-0.25, -0.2) is 4.79 Å². The van der Waals surface area contributed by atoms with Crippen molar-refractivity contribution in [1.29, 1.82) is 0 Å². The van der Waals surface area contributed by atoms with Crippen molar-refractivity contribution in [2.24, 2.45) is 0 Å². The molecule has 7 heteroatoms. The predicted octanol–water partition coefficient (Wildman–Crippen LogP) is 4.66. The van der Waals surface area contributed by atoms with Gasteiger partial charge in [0.15, 0.2) is 0 Å². The number of thioether (sulfide) groups is 1. The fraction of sp³-hybridized carbons (Fsp3) is 0.188. The van der Waals surface area contributed by atoms with Crippen molar-refractivity contribution in [2.75, 3.05) is 11.9 Å². The number of anilines is 1. The molecule has 0 heterocycles. The van der Waals surface area contributed by atoms with Gasteiger partial charge < -0.3 is 10.6 Å². The minimum Gasteiger partial charge on any atom is -0.338 e. The Morgan fingerprint density at radius 2 is 1.65 bits per heavy atom. The van der Waals surface area contributed by atoms with E-state index in [9.17, 15) is 18.0 Å². The summed E-state index contributed by atoms with van der Waals surface area (Å²) in [6.07, 6.45) is 0.704. The first-order chi connectivity index (χ1) is 10.9. The molecule has 2 N–H and O–H groups in total. The first kappa shape index (κ1) is 17.2. The summed E-state index contributed by atoms with van der Waals surface area (Å²) in [5.74, 6) is 0. The molecule has 0 aliphatic rings. The number of carbonyl (C=O) groups is 1. The van der Waals surface area contributed by atoms with E-state index in [1.165, 1.54) is 24.3 Å². The third kappa shape index (κ3) is 6.65. The molecule has 0 saturated carbocycles. The van der Waals surface area contributed by atoms with Gasteiger partial charge in [-0.15, -0.1) is 0 Å². The highest BCUT2D eigenvalue weighted by molar-refractivity contribution is 8.00. The van der Waals surface area contributed by atoms with Crippen LogP contribution in [0.25, 0.3) is 0 Å². The molecule has 2 rings (SSSR count). The van der Waals surface area contributed by atoms with Gasteiger partial charge in [0, 0.05) is 17.1 Å². The first-order valence-electron chi connectivity index (χ1n) is 6.87. The SMILES string of the molecule is O=C(NCCc1ccccc1)Nc1ccc(SC(F)(F)F)cc1. The summed E-state index contributed by atoms with van der Waals surface area (Å²) in [7, 11) is 0. The minimum absolute atomic E-state index is 0.0764. The van der Waals surface area contributed by atoms with Crippen LogP contribution >= 0.6 is 11.8 Å². The van der Waals surface area contributed by atoms with Gasteiger partial charge in [-0.3, -0.25) is 0 Å². The Morgan fingerprint density at radius 3 is 2.26 bits per heavy atom. The summed E-state index contributed by atoms with van der Waals surface area (Å²) >= 11 is -0.189. The van der Waals surface area contributed by atoms with Crippen molar-refractivity contribution in [3.8, 4) is 0 Å². The van der Waals surface area contributed by atoms with Gasteiger partial charge in [-0.1, -0.05) is 30.3 Å². The number of benzene rings is 2. The van der Waals surface area contributed by atoms with Crippen LogP contribution in [0.1, 0.15) is 5.56 Å². The van der Waals surface area contributed by atoms with E-state index in [4.69, 9.17) is 0 Å². The van der Waals surface area contributed by atoms with Crippen molar-refractivity contribution in [1.82, 2.24) is 5.32 Å². The van der Waals surface area contributed by atoms with Crippen LogP contribution in [0.15, 0.2) is 59.5 Å². The maximum atomic E-state index is 12.2. The molecule has 3 nitrogen and oxygen atoms in total. The predicted molar refractivity (Wildman–Crippen MR) is 85.5 cm³/mol. The molecule has 2 amide bonds. The third-order valence-electron chi connectivity index (χ3n) is 2.89. The summed E-state index contributed by atoms with van der Waals surface area (Å²) in [5.41, 5.74) is -2.76. The average Bonchev–Trinajstić information content (AvgIpc) is 2.49. The maximum absolute atomic E-state index is 12.2. The second-order valence-corrected chi connectivity index (χ2v) is 5.83. The number of nitrogens with one attached hydrogen (secondary N) is 2. The van der Waals surface area contributed by atoms with Crippen molar-refractivity contribution in [3.63, 3.8) is 0 Å². The highest BCUT2D eigenvalue weighted by atomic mass is 32.2. The number of urea groups is 1. The van der Waals surface area contributed by atoms with Gasteiger partial charge in [0.1, 0.15) is 0 Å². The lowest BCUT2D eigenvalue weighted by atomic mass is 10.1. The fourth-order valence-corrected chi connectivity index (χ4v) is 2.42. The molecule has 23 heavy (non-hydrogen) atoms. The van der Waals surface area contributed by atoms with Crippen LogP contribution in [0.3, 0.4) is 0 Å². The van der Waals surface area contributed by atoms with Crippen LogP contribution in [0.2, 0.25) is 0 Å². The number of rotatable bonds is 5. The summed E-state index contributed by atoms with van der Waals surface area (Å²) in [6.45, 7) is 0.470. The molecule has 0 spiro atoms. The smallest absolute Gasteiger partial charge is 0.338 e. The van der Waals surface area contributed by atoms with E-state index in [1.807, 2.05) is 30.3 Å². The number of hydrogen-bond acceptors (Lipinski definition) is 2. The average molecular weight is 340 g/mol. The van der Waals surface area contributed by atoms with Crippen LogP contribution in [-0.4, -0.2) is 18.1 Å². The molecule has 122 valence electrons. The number of carbonyl (C=O) groups excluding carboxylic acids is 1. The normalized spacial score (nSPS) is 11.1. The second-order valence-electron chi connectivity index (χ2n) is 4.69. The highest BCUT2D eigenvalue weighted by Gasteiger charge is 2.28. The Hall–Kier alpha value is -2.15. The van der Waals surface area contributed by atoms with Gasteiger partial charge in [0.2, 0.25) is 0 Å². The Kier molecular flexibility index (Phi) is 5.92. The van der Waals surface area contributed by atoms with E-state index < -0.39 is 11.5 Å². The minimum atomic E-state index is -4.32. The van der Waals surface area contributed by atoms with Crippen LogP contribution < -0.4 is 10.6 Å². The zero-order valence-electron chi connectivity index (χ0n) is 12.1. The van der Waals surface area contributed by atoms with Gasteiger partial charge in [-0.2, -0.15) is 13.2 Å². The molecule has 0 bridgehead atoms. The van der Waals surface area contributed by atoms with E-state index in [0.717, 1.165) is 5.56 Å². The molecule has 2 aromatic rings. The quantitative estimate of drug-likeness (QED) is 0.777. The van der Waals surface area contributed by atoms with Crippen LogP contribution in [-0.2, 0) is 6.42 Å². The zero-order chi connectivity index (χ0) is 16.7. The Labute approximate surface area is 136 Å². The lowest BCUT2D eigenvalue weighted by Crippen LogP contribution is -2.30. The molecule has 0 radical (unpaired) electrons. The van der Waals surface area contributed by atoms with E-state index in [-0.39, 0.29) is 16.7 Å². The number of halogens is 3. The lowest BCUT2D eigenvalue weighted by molar-refractivity contribution is -0.0328. The monoisotopic (exact) mass is 340 g/mol. The summed E-state index contributed by atoms with van der Waals surface area (Å²) in [6, 6.07) is 14.8. The highest BCUT2D eigenvalue weighted by Crippen LogP contribution is 2.36. The number of alkyl halides is 3. The van der Waals surface area contributed by atoms with Gasteiger partial charge in [0.05, 0.1) is 0 Å². The lowest BCUT2D eigenvalue weighted by Gasteiger charge is -2.09. The van der Waals surface area contributed by atoms with Gasteiger partial charge in [-0.05, 0) is 48.0 Å². The molecular weight excluding hydrogens is 325 g/mol. The Morgan fingerprint density at radius 1 is 1.00 bits per heavy atom. The fourth-order valence-electron chi connectivity index (χ4n) is 1.88. The third-order valence-corrected chi connectivity index (χ3v) is 3.63. The second kappa shape index (κ2) is 7.92. The molecule has 0 atom stereocenters. The van der Waals surface area contributed by atoms with Crippen LogP contribution in [0, 0.1) is 0 Å². The zero-order valence-corrected chi connectivity index (χ0v) is 12.9.